The molecule has 0 unspecified atom stereocenters. The highest BCUT2D eigenvalue weighted by atomic mass is 16.5. The summed E-state index contributed by atoms with van der Waals surface area (Å²) in [6.45, 7) is 13.2. The van der Waals surface area contributed by atoms with Crippen molar-refractivity contribution < 1.29 is 28.7 Å². The van der Waals surface area contributed by atoms with Crippen LogP contribution >= 0.6 is 0 Å². The Morgan fingerprint density at radius 1 is 0.753 bits per heavy atom. The molecular weight excluding hydrogens is 937 g/mol. The van der Waals surface area contributed by atoms with Gasteiger partial charge in [0.15, 0.2) is 5.82 Å². The van der Waals surface area contributed by atoms with Crippen LogP contribution < -0.4 is 32.6 Å². The third kappa shape index (κ3) is 10.4. The summed E-state index contributed by atoms with van der Waals surface area (Å²) in [4.78, 5) is 78.3. The number of fused-ring (bicyclic) bond motifs is 3. The SMILES string of the molecule is CCn1nc(C)cc1C(=O)Nc1nc2cc(C(N)=O)ccc2n1C/C=C/Cn1c(NC(=O)c2cc(C)nn2CC)nc2cc(C(N)=O)cc(OCCCN3CCC(c4nnc5n4CCN(C(=O)CN)C5)CC3)c21. The molecule has 0 spiro atoms. The highest BCUT2D eigenvalue weighted by Crippen LogP contribution is 2.33. The van der Waals surface area contributed by atoms with Crippen molar-refractivity contribution in [1.82, 2.24) is 63.2 Å². The van der Waals surface area contributed by atoms with Gasteiger partial charge in [0.25, 0.3) is 11.8 Å². The second kappa shape index (κ2) is 21.2. The average molecular weight is 997 g/mol. The van der Waals surface area contributed by atoms with Crippen LogP contribution in [0.15, 0.2) is 54.6 Å². The number of imidazole rings is 2. The number of allylic oxidation sites excluding steroid dienone is 2. The maximum Gasteiger partial charge on any atom is 0.276 e. The summed E-state index contributed by atoms with van der Waals surface area (Å²) in [5.74, 6) is 0.600. The van der Waals surface area contributed by atoms with E-state index in [1.807, 2.05) is 39.8 Å². The summed E-state index contributed by atoms with van der Waals surface area (Å²) in [6.07, 6.45) is 6.27. The molecule has 73 heavy (non-hydrogen) atoms. The lowest BCUT2D eigenvalue weighted by Crippen LogP contribution is -2.42. The van der Waals surface area contributed by atoms with Crippen molar-refractivity contribution >= 4 is 63.5 Å². The van der Waals surface area contributed by atoms with Gasteiger partial charge in [-0.25, -0.2) is 9.97 Å². The van der Waals surface area contributed by atoms with Crippen molar-refractivity contribution in [3.05, 3.63) is 100 Å². The summed E-state index contributed by atoms with van der Waals surface area (Å²) < 4.78 is 15.5. The number of anilines is 2. The van der Waals surface area contributed by atoms with Crippen LogP contribution in [0.2, 0.25) is 0 Å². The van der Waals surface area contributed by atoms with E-state index < -0.39 is 23.6 Å². The van der Waals surface area contributed by atoms with Crippen molar-refractivity contribution in [2.45, 2.75) is 92.1 Å². The molecule has 0 saturated carbocycles. The molecule has 0 aliphatic carbocycles. The summed E-state index contributed by atoms with van der Waals surface area (Å²) >= 11 is 0. The van der Waals surface area contributed by atoms with E-state index in [0.717, 1.165) is 44.1 Å². The molecule has 5 aromatic heterocycles. The number of nitrogens with one attached hydrogen (secondary N) is 2. The number of likely N-dealkylation sites (tertiary alicyclic amines) is 1. The summed E-state index contributed by atoms with van der Waals surface area (Å²) in [6, 6.07) is 11.5. The maximum atomic E-state index is 13.9. The monoisotopic (exact) mass is 996 g/mol. The number of nitrogens with two attached hydrogens (primary N) is 3. The van der Waals surface area contributed by atoms with E-state index in [4.69, 9.17) is 31.9 Å². The highest BCUT2D eigenvalue weighted by Gasteiger charge is 2.30. The lowest BCUT2D eigenvalue weighted by atomic mass is 9.95. The Morgan fingerprint density at radius 3 is 2.00 bits per heavy atom. The number of aromatic nitrogens is 11. The van der Waals surface area contributed by atoms with Crippen molar-refractivity contribution in [2.75, 3.05) is 50.0 Å². The van der Waals surface area contributed by atoms with Crippen LogP contribution in [0.5, 0.6) is 5.75 Å². The number of hydrogen-bond acceptors (Lipinski definition) is 14. The van der Waals surface area contributed by atoms with Gasteiger partial charge in [-0.3, -0.25) is 44.0 Å². The van der Waals surface area contributed by atoms with Crippen LogP contribution in [-0.2, 0) is 44.1 Å². The van der Waals surface area contributed by atoms with Crippen LogP contribution in [0, 0.1) is 13.8 Å². The molecular formula is C49H60N18O6. The number of amides is 5. The first kappa shape index (κ1) is 49.7. The average Bonchev–Trinajstić information content (AvgIpc) is 4.22. The molecule has 24 nitrogen and oxygen atoms in total. The fourth-order valence-electron chi connectivity index (χ4n) is 9.66. The van der Waals surface area contributed by atoms with E-state index >= 15 is 0 Å². The quantitative estimate of drug-likeness (QED) is 0.0575. The van der Waals surface area contributed by atoms with E-state index in [9.17, 15) is 24.0 Å². The minimum absolute atomic E-state index is 0.0257. The topological polar surface area (TPSA) is 305 Å². The van der Waals surface area contributed by atoms with E-state index in [2.05, 4.69) is 40.5 Å². The van der Waals surface area contributed by atoms with E-state index in [1.54, 1.807) is 65.9 Å². The number of benzene rings is 2. The number of rotatable bonds is 19. The van der Waals surface area contributed by atoms with Gasteiger partial charge in [0.2, 0.25) is 29.6 Å². The smallest absolute Gasteiger partial charge is 0.276 e. The van der Waals surface area contributed by atoms with Gasteiger partial charge in [0.05, 0.1) is 47.6 Å². The third-order valence-electron chi connectivity index (χ3n) is 13.3. The lowest BCUT2D eigenvalue weighted by molar-refractivity contribution is -0.131. The number of hydrogen-bond donors (Lipinski definition) is 5. The molecule has 8 N–H and O–H groups in total. The zero-order chi connectivity index (χ0) is 51.5. The minimum Gasteiger partial charge on any atom is -0.491 e. The molecule has 5 amide bonds. The number of carbonyl (C=O) groups excluding carboxylic acids is 5. The zero-order valence-corrected chi connectivity index (χ0v) is 41.4. The molecule has 0 atom stereocenters. The van der Waals surface area contributed by atoms with Gasteiger partial charge in [-0.2, -0.15) is 10.2 Å². The Bertz CT molecular complexity index is 3280. The summed E-state index contributed by atoms with van der Waals surface area (Å²) in [7, 11) is 0. The van der Waals surface area contributed by atoms with Gasteiger partial charge < -0.3 is 45.4 Å². The molecule has 9 rings (SSSR count). The van der Waals surface area contributed by atoms with E-state index in [0.29, 0.717) is 96.3 Å². The predicted octanol–water partition coefficient (Wildman–Crippen LogP) is 2.94. The molecule has 2 aliphatic heterocycles. The molecule has 1 saturated heterocycles. The minimum atomic E-state index is -0.667. The van der Waals surface area contributed by atoms with Gasteiger partial charge in [0, 0.05) is 62.9 Å². The summed E-state index contributed by atoms with van der Waals surface area (Å²) in [5.41, 5.74) is 21.6. The number of primary amides is 2. The first-order chi connectivity index (χ1) is 35.2. The van der Waals surface area contributed by atoms with E-state index in [-0.39, 0.29) is 54.5 Å². The van der Waals surface area contributed by atoms with Crippen molar-refractivity contribution in [3.8, 4) is 5.75 Å². The standard InChI is InChI=1S/C49H60N18O6/c1-5-66-37(22-29(3)59-66)46(71)55-48-53-34-24-32(43(51)69)10-11-36(34)63(48)15-7-8-16-65-42-35(54-49(65)56-47(72)38-23-30(4)60-67(38)6-2)25-33(44(52)70)26-39(42)73-21-9-14-61-17-12-31(13-18-61)45-58-57-40-28-62(41(68)27-50)19-20-64(40)45/h7-8,10-11,22-26,31H,5-6,9,12-21,27-28,50H2,1-4H3,(H2,51,69)(H2,52,70)(H,53,55,71)(H,54,56,72)/b8-7+. The normalized spacial score (nSPS) is 14.3. The second-order valence-corrected chi connectivity index (χ2v) is 18.2. The molecule has 382 valence electrons. The number of nitrogens with zero attached hydrogens (tertiary/aromatic N) is 13. The zero-order valence-electron chi connectivity index (χ0n) is 41.4. The highest BCUT2D eigenvalue weighted by molar-refractivity contribution is 6.05. The van der Waals surface area contributed by atoms with Crippen molar-refractivity contribution in [1.29, 1.82) is 0 Å². The summed E-state index contributed by atoms with van der Waals surface area (Å²) in [5, 5.41) is 23.7. The molecule has 24 heteroatoms. The Hall–Kier alpha value is -8.25. The molecule has 7 heterocycles. The van der Waals surface area contributed by atoms with Gasteiger partial charge in [0.1, 0.15) is 28.5 Å². The van der Waals surface area contributed by atoms with Gasteiger partial charge in [-0.15, -0.1) is 10.2 Å². The molecule has 2 aromatic carbocycles. The molecule has 0 bridgehead atoms. The Morgan fingerprint density at radius 2 is 1.37 bits per heavy atom. The number of carbonyl (C=O) groups is 5. The maximum absolute atomic E-state index is 13.9. The largest absolute Gasteiger partial charge is 0.491 e. The number of piperidine rings is 1. The van der Waals surface area contributed by atoms with Crippen LogP contribution in [-0.4, -0.2) is 132 Å². The van der Waals surface area contributed by atoms with Gasteiger partial charge in [-0.05, 0) is 103 Å². The first-order valence-corrected chi connectivity index (χ1v) is 24.5. The molecule has 1 fully saturated rings. The fourth-order valence-corrected chi connectivity index (χ4v) is 9.66. The third-order valence-corrected chi connectivity index (χ3v) is 13.3. The Balaban J connectivity index is 0.950. The Labute approximate surface area is 419 Å². The van der Waals surface area contributed by atoms with Crippen LogP contribution in [0.3, 0.4) is 0 Å². The fraction of sp³-hybridized carbons (Fsp3) is 0.408. The van der Waals surface area contributed by atoms with Gasteiger partial charge in [-0.1, -0.05) is 12.2 Å². The van der Waals surface area contributed by atoms with Crippen LogP contribution in [0.1, 0.15) is 104 Å². The van der Waals surface area contributed by atoms with Crippen LogP contribution in [0.25, 0.3) is 22.1 Å². The number of aryl methyl sites for hydroxylation is 4. The number of ether oxygens (including phenoxy) is 1. The second-order valence-electron chi connectivity index (χ2n) is 18.2. The van der Waals surface area contributed by atoms with Crippen molar-refractivity contribution in [3.63, 3.8) is 0 Å². The van der Waals surface area contributed by atoms with Crippen molar-refractivity contribution in [2.24, 2.45) is 17.2 Å². The molecule has 7 aromatic rings. The van der Waals surface area contributed by atoms with Gasteiger partial charge >= 0.3 is 0 Å². The van der Waals surface area contributed by atoms with E-state index in [1.165, 1.54) is 0 Å². The lowest BCUT2D eigenvalue weighted by Gasteiger charge is -2.33. The molecule has 0 radical (unpaired) electrons. The predicted molar refractivity (Wildman–Crippen MR) is 270 cm³/mol. The van der Waals surface area contributed by atoms with Crippen LogP contribution in [0.4, 0.5) is 11.9 Å². The molecule has 2 aliphatic rings. The Kier molecular flexibility index (Phi) is 14.5. The first-order valence-electron chi connectivity index (χ1n) is 24.5.